The maximum Gasteiger partial charge on any atom is 0.308 e. The van der Waals surface area contributed by atoms with Gasteiger partial charge in [-0.3, -0.25) is 14.7 Å². The number of aliphatic carboxylic acids is 1. The lowest BCUT2D eigenvalue weighted by molar-refractivity contribution is -0.136. The monoisotopic (exact) mass is 229 g/mol. The lowest BCUT2D eigenvalue weighted by Gasteiger charge is -2.00. The number of aromatic nitrogens is 2. The number of nitrogens with one attached hydrogen (secondary N) is 2. The Balaban J connectivity index is 3.20. The third-order valence-corrected chi connectivity index (χ3v) is 2.33. The molecule has 0 aliphatic carbocycles. The number of hydrogen-bond donors (Lipinski definition) is 3. The lowest BCUT2D eigenvalue weighted by Crippen LogP contribution is -2.33. The van der Waals surface area contributed by atoms with Crippen LogP contribution in [0.2, 0.25) is 0 Å². The Morgan fingerprint density at radius 1 is 1.67 bits per heavy atom. The van der Waals surface area contributed by atoms with Gasteiger partial charge in [0.2, 0.25) is 0 Å². The number of aromatic amines is 1. The van der Waals surface area contributed by atoms with Crippen molar-refractivity contribution in [1.29, 1.82) is 0 Å². The number of hydrogen-bond acceptors (Lipinski definition) is 3. The Morgan fingerprint density at radius 2 is 2.27 bits per heavy atom. The summed E-state index contributed by atoms with van der Waals surface area (Å²) >= 11 is 4.87. The quantitative estimate of drug-likeness (QED) is 0.593. The molecule has 7 heteroatoms. The molecule has 1 heterocycles. The minimum Gasteiger partial charge on any atom is -0.481 e. The van der Waals surface area contributed by atoms with Crippen LogP contribution in [0.25, 0.3) is 0 Å². The van der Waals surface area contributed by atoms with E-state index in [9.17, 15) is 9.59 Å². The second-order valence-corrected chi connectivity index (χ2v) is 3.37. The van der Waals surface area contributed by atoms with Gasteiger partial charge in [0.15, 0.2) is 5.11 Å². The van der Waals surface area contributed by atoms with Gasteiger partial charge in [-0.2, -0.15) is 4.68 Å². The van der Waals surface area contributed by atoms with Crippen molar-refractivity contribution in [2.24, 2.45) is 0 Å². The van der Waals surface area contributed by atoms with Crippen LogP contribution < -0.4 is 10.9 Å². The molecule has 82 valence electrons. The summed E-state index contributed by atoms with van der Waals surface area (Å²) in [5.41, 5.74) is 0.314. The predicted molar refractivity (Wildman–Crippen MR) is 58.2 cm³/mol. The number of carboxylic acid groups (broad SMARTS) is 1. The van der Waals surface area contributed by atoms with E-state index in [0.29, 0.717) is 5.69 Å². The average molecular weight is 229 g/mol. The van der Waals surface area contributed by atoms with E-state index in [0.717, 1.165) is 4.68 Å². The number of H-pyrrole nitrogens is 1. The first-order valence-corrected chi connectivity index (χ1v) is 4.62. The second-order valence-electron chi connectivity index (χ2n) is 2.98. The van der Waals surface area contributed by atoms with Crippen molar-refractivity contribution in [3.05, 3.63) is 21.6 Å². The summed E-state index contributed by atoms with van der Waals surface area (Å²) in [5, 5.41) is 14.2. The summed E-state index contributed by atoms with van der Waals surface area (Å²) < 4.78 is 1.11. The van der Waals surface area contributed by atoms with E-state index in [1.54, 1.807) is 14.0 Å². The number of aryl methyl sites for hydroxylation is 1. The highest BCUT2D eigenvalue weighted by Crippen LogP contribution is 2.00. The molecule has 0 aromatic carbocycles. The number of carboxylic acids is 1. The standard InChI is InChI=1S/C8H11N3O3S/c1-4-5(3-6(12)13)7(14)11(10-4)8(15)9-2/h10H,3H2,1-2H3,(H,9,15)(H,12,13). The summed E-state index contributed by atoms with van der Waals surface area (Å²) in [6.07, 6.45) is -0.305. The van der Waals surface area contributed by atoms with Gasteiger partial charge >= 0.3 is 5.97 Å². The number of nitrogens with zero attached hydrogens (tertiary/aromatic N) is 1. The van der Waals surface area contributed by atoms with Crippen molar-refractivity contribution in [2.75, 3.05) is 7.05 Å². The molecule has 0 saturated heterocycles. The van der Waals surface area contributed by atoms with Gasteiger partial charge in [-0.15, -0.1) is 0 Å². The van der Waals surface area contributed by atoms with Gasteiger partial charge in [-0.25, -0.2) is 0 Å². The zero-order chi connectivity index (χ0) is 11.6. The molecule has 0 spiro atoms. The molecule has 0 saturated carbocycles. The third-order valence-electron chi connectivity index (χ3n) is 1.94. The molecule has 1 rings (SSSR count). The average Bonchev–Trinajstić information content (AvgIpc) is 2.44. The molecule has 0 amide bonds. The van der Waals surface area contributed by atoms with Crippen LogP contribution >= 0.6 is 12.2 Å². The lowest BCUT2D eigenvalue weighted by atomic mass is 10.2. The molecule has 0 aliphatic rings. The Hall–Kier alpha value is -1.63. The Morgan fingerprint density at radius 3 is 2.73 bits per heavy atom. The summed E-state index contributed by atoms with van der Waals surface area (Å²) in [4.78, 5) is 22.2. The molecule has 0 atom stereocenters. The first kappa shape index (κ1) is 11.4. The maximum absolute atomic E-state index is 11.7. The van der Waals surface area contributed by atoms with E-state index in [-0.39, 0.29) is 17.1 Å². The SMILES string of the molecule is CNC(=S)n1[nH]c(C)c(CC(=O)O)c1=O. The topological polar surface area (TPSA) is 87.1 Å². The van der Waals surface area contributed by atoms with Crippen molar-refractivity contribution < 1.29 is 9.90 Å². The highest BCUT2D eigenvalue weighted by atomic mass is 32.1. The highest BCUT2D eigenvalue weighted by molar-refractivity contribution is 7.80. The fraction of sp³-hybridized carbons (Fsp3) is 0.375. The molecule has 1 aromatic rings. The first-order valence-electron chi connectivity index (χ1n) is 4.21. The van der Waals surface area contributed by atoms with Gasteiger partial charge < -0.3 is 10.4 Å². The van der Waals surface area contributed by atoms with Crippen LogP contribution in [-0.4, -0.2) is 33.0 Å². The summed E-state index contributed by atoms with van der Waals surface area (Å²) in [6, 6.07) is 0. The van der Waals surface area contributed by atoms with Crippen LogP contribution in [0.5, 0.6) is 0 Å². The maximum atomic E-state index is 11.7. The minimum absolute atomic E-state index is 0.208. The number of rotatable bonds is 2. The van der Waals surface area contributed by atoms with Crippen molar-refractivity contribution in [1.82, 2.24) is 15.1 Å². The molecule has 6 nitrogen and oxygen atoms in total. The minimum atomic E-state index is -1.04. The Labute approximate surface area is 90.9 Å². The second kappa shape index (κ2) is 4.26. The number of carbonyl (C=O) groups is 1. The third kappa shape index (κ3) is 2.24. The molecule has 0 bridgehead atoms. The van der Waals surface area contributed by atoms with Crippen molar-refractivity contribution in [3.63, 3.8) is 0 Å². The van der Waals surface area contributed by atoms with Crippen LogP contribution in [0.3, 0.4) is 0 Å². The molecule has 15 heavy (non-hydrogen) atoms. The van der Waals surface area contributed by atoms with Gasteiger partial charge in [0.1, 0.15) is 0 Å². The fourth-order valence-electron chi connectivity index (χ4n) is 1.20. The molecule has 0 radical (unpaired) electrons. The molecule has 0 fully saturated rings. The highest BCUT2D eigenvalue weighted by Gasteiger charge is 2.15. The molecular formula is C8H11N3O3S. The van der Waals surface area contributed by atoms with Crippen molar-refractivity contribution in [2.45, 2.75) is 13.3 Å². The largest absolute Gasteiger partial charge is 0.481 e. The van der Waals surface area contributed by atoms with Crippen LogP contribution in [0, 0.1) is 6.92 Å². The fourth-order valence-corrected chi connectivity index (χ4v) is 1.32. The Kier molecular flexibility index (Phi) is 3.25. The Bertz CT molecular complexity index is 460. The van der Waals surface area contributed by atoms with Crippen LogP contribution in [0.4, 0.5) is 0 Å². The normalized spacial score (nSPS) is 10.0. The first-order chi connectivity index (χ1) is 6.97. The van der Waals surface area contributed by atoms with Gasteiger partial charge in [0, 0.05) is 12.7 Å². The zero-order valence-corrected chi connectivity index (χ0v) is 9.14. The van der Waals surface area contributed by atoms with Gasteiger partial charge in [-0.1, -0.05) is 0 Å². The molecular weight excluding hydrogens is 218 g/mol. The summed E-state index contributed by atoms with van der Waals surface area (Å²) in [5.74, 6) is -1.04. The van der Waals surface area contributed by atoms with Crippen LogP contribution in [0.15, 0.2) is 4.79 Å². The van der Waals surface area contributed by atoms with Crippen molar-refractivity contribution in [3.8, 4) is 0 Å². The molecule has 0 aliphatic heterocycles. The van der Waals surface area contributed by atoms with Crippen molar-refractivity contribution >= 4 is 23.3 Å². The smallest absolute Gasteiger partial charge is 0.308 e. The number of thiocarbonyl (C=S) groups is 1. The van der Waals surface area contributed by atoms with Gasteiger partial charge in [0.25, 0.3) is 5.56 Å². The molecule has 0 unspecified atom stereocenters. The van der Waals surface area contributed by atoms with Gasteiger partial charge in [-0.05, 0) is 19.1 Å². The van der Waals surface area contributed by atoms with E-state index >= 15 is 0 Å². The molecule has 3 N–H and O–H groups in total. The summed E-state index contributed by atoms with van der Waals surface area (Å²) in [7, 11) is 1.59. The molecule has 1 aromatic heterocycles. The van der Waals surface area contributed by atoms with E-state index in [1.165, 1.54) is 0 Å². The zero-order valence-electron chi connectivity index (χ0n) is 8.33. The van der Waals surface area contributed by atoms with E-state index in [2.05, 4.69) is 10.4 Å². The van der Waals surface area contributed by atoms with E-state index in [1.807, 2.05) is 0 Å². The van der Waals surface area contributed by atoms with E-state index in [4.69, 9.17) is 17.3 Å². The van der Waals surface area contributed by atoms with Crippen LogP contribution in [0.1, 0.15) is 11.3 Å². The van der Waals surface area contributed by atoms with E-state index < -0.39 is 11.5 Å². The van der Waals surface area contributed by atoms with Gasteiger partial charge in [0.05, 0.1) is 12.0 Å². The predicted octanol–water partition coefficient (Wildman–Crippen LogP) is -0.536. The summed E-state index contributed by atoms with van der Waals surface area (Å²) in [6.45, 7) is 1.63. The van der Waals surface area contributed by atoms with Crippen LogP contribution in [-0.2, 0) is 11.2 Å².